The van der Waals surface area contributed by atoms with Crippen LogP contribution in [-0.4, -0.2) is 19.8 Å². The molecule has 1 rings (SSSR count). The van der Waals surface area contributed by atoms with E-state index in [9.17, 15) is 0 Å². The molecule has 0 fully saturated rings. The molecule has 0 saturated carbocycles. The molecule has 3 nitrogen and oxygen atoms in total. The summed E-state index contributed by atoms with van der Waals surface area (Å²) in [6.45, 7) is 4.36. The number of ether oxygens (including phenoxy) is 2. The third-order valence-electron chi connectivity index (χ3n) is 3.66. The van der Waals surface area contributed by atoms with Crippen LogP contribution in [0.4, 0.5) is 0 Å². The molecule has 0 radical (unpaired) electrons. The highest BCUT2D eigenvalue weighted by Gasteiger charge is 2.19. The van der Waals surface area contributed by atoms with Crippen molar-refractivity contribution in [1.29, 1.82) is 0 Å². The van der Waals surface area contributed by atoms with Gasteiger partial charge in [-0.05, 0) is 37.5 Å². The van der Waals surface area contributed by atoms with Crippen molar-refractivity contribution in [1.82, 2.24) is 0 Å². The Balaban J connectivity index is 2.62. The molecule has 0 heterocycles. The Morgan fingerprint density at radius 1 is 1.05 bits per heavy atom. The molecule has 0 aliphatic heterocycles. The number of unbranched alkanes of at least 4 members (excludes halogenated alkanes) is 3. The molecule has 0 saturated heterocycles. The molecule has 1 atom stereocenters. The first-order chi connectivity index (χ1) is 9.52. The summed E-state index contributed by atoms with van der Waals surface area (Å²) in [4.78, 5) is 0. The molecule has 3 heteroatoms. The molecule has 1 unspecified atom stereocenters. The molecular weight excluding hydrogens is 250 g/mol. The van der Waals surface area contributed by atoms with Crippen LogP contribution in [-0.2, 0) is 6.42 Å². The lowest BCUT2D eigenvalue weighted by molar-refractivity contribution is 0.353. The largest absolute Gasteiger partial charge is 0.493 e. The SMILES string of the molecule is CCCCCCC(C)(N)Cc1ccc(OC)c(OC)c1. The maximum absolute atomic E-state index is 6.42. The van der Waals surface area contributed by atoms with Gasteiger partial charge in [-0.1, -0.05) is 38.7 Å². The molecular formula is C17H29NO2. The normalized spacial score (nSPS) is 13.8. The van der Waals surface area contributed by atoms with Crippen molar-refractivity contribution < 1.29 is 9.47 Å². The molecule has 0 spiro atoms. The molecule has 1 aromatic carbocycles. The number of benzene rings is 1. The van der Waals surface area contributed by atoms with Crippen LogP contribution in [0.15, 0.2) is 18.2 Å². The molecule has 0 bridgehead atoms. The first kappa shape index (κ1) is 16.8. The monoisotopic (exact) mass is 279 g/mol. The van der Waals surface area contributed by atoms with E-state index in [-0.39, 0.29) is 5.54 Å². The molecule has 0 aromatic heterocycles. The van der Waals surface area contributed by atoms with Crippen molar-refractivity contribution in [2.75, 3.05) is 14.2 Å². The third-order valence-corrected chi connectivity index (χ3v) is 3.66. The van der Waals surface area contributed by atoms with Gasteiger partial charge in [0, 0.05) is 5.54 Å². The summed E-state index contributed by atoms with van der Waals surface area (Å²) >= 11 is 0. The molecule has 0 amide bonds. The second kappa shape index (κ2) is 8.15. The lowest BCUT2D eigenvalue weighted by Gasteiger charge is -2.25. The van der Waals surface area contributed by atoms with Crippen molar-refractivity contribution >= 4 is 0 Å². The molecule has 0 aliphatic carbocycles. The molecule has 114 valence electrons. The zero-order chi connectivity index (χ0) is 15.0. The van der Waals surface area contributed by atoms with Gasteiger partial charge in [-0.3, -0.25) is 0 Å². The van der Waals surface area contributed by atoms with Gasteiger partial charge in [-0.2, -0.15) is 0 Å². The summed E-state index contributed by atoms with van der Waals surface area (Å²) in [6, 6.07) is 6.04. The lowest BCUT2D eigenvalue weighted by atomic mass is 9.88. The summed E-state index contributed by atoms with van der Waals surface area (Å²) in [7, 11) is 3.31. The highest BCUT2D eigenvalue weighted by molar-refractivity contribution is 5.43. The predicted octanol–water partition coefficient (Wildman–Crippen LogP) is 3.93. The van der Waals surface area contributed by atoms with Gasteiger partial charge in [-0.25, -0.2) is 0 Å². The van der Waals surface area contributed by atoms with E-state index in [1.165, 1.54) is 31.2 Å². The molecule has 2 N–H and O–H groups in total. The average molecular weight is 279 g/mol. The van der Waals surface area contributed by atoms with Crippen molar-refractivity contribution in [2.45, 2.75) is 57.9 Å². The fourth-order valence-electron chi connectivity index (χ4n) is 2.50. The fourth-order valence-corrected chi connectivity index (χ4v) is 2.50. The summed E-state index contributed by atoms with van der Waals surface area (Å²) in [5.41, 5.74) is 7.46. The Bertz CT molecular complexity index is 402. The highest BCUT2D eigenvalue weighted by Crippen LogP contribution is 2.29. The van der Waals surface area contributed by atoms with E-state index in [1.54, 1.807) is 14.2 Å². The molecule has 1 aromatic rings. The minimum absolute atomic E-state index is 0.159. The summed E-state index contributed by atoms with van der Waals surface area (Å²) in [5, 5.41) is 0. The van der Waals surface area contributed by atoms with E-state index in [0.29, 0.717) is 0 Å². The van der Waals surface area contributed by atoms with Crippen LogP contribution < -0.4 is 15.2 Å². The number of rotatable bonds is 9. The van der Waals surface area contributed by atoms with Crippen LogP contribution in [0.1, 0.15) is 51.5 Å². The topological polar surface area (TPSA) is 44.5 Å². The summed E-state index contributed by atoms with van der Waals surface area (Å²) < 4.78 is 10.6. The van der Waals surface area contributed by atoms with Crippen LogP contribution in [0.25, 0.3) is 0 Å². The lowest BCUT2D eigenvalue weighted by Crippen LogP contribution is -2.38. The quantitative estimate of drug-likeness (QED) is 0.696. The van der Waals surface area contributed by atoms with Gasteiger partial charge >= 0.3 is 0 Å². The van der Waals surface area contributed by atoms with Crippen LogP contribution >= 0.6 is 0 Å². The van der Waals surface area contributed by atoms with E-state index in [4.69, 9.17) is 15.2 Å². The third kappa shape index (κ3) is 5.41. The van der Waals surface area contributed by atoms with E-state index in [0.717, 1.165) is 24.3 Å². The van der Waals surface area contributed by atoms with E-state index in [2.05, 4.69) is 19.9 Å². The molecule has 20 heavy (non-hydrogen) atoms. The second-order valence-corrected chi connectivity index (χ2v) is 5.83. The van der Waals surface area contributed by atoms with Gasteiger partial charge in [0.2, 0.25) is 0 Å². The second-order valence-electron chi connectivity index (χ2n) is 5.83. The predicted molar refractivity (Wildman–Crippen MR) is 84.6 cm³/mol. The van der Waals surface area contributed by atoms with Crippen molar-refractivity contribution in [3.63, 3.8) is 0 Å². The minimum atomic E-state index is -0.159. The van der Waals surface area contributed by atoms with Crippen molar-refractivity contribution in [3.05, 3.63) is 23.8 Å². The zero-order valence-electron chi connectivity index (χ0n) is 13.4. The van der Waals surface area contributed by atoms with Crippen molar-refractivity contribution in [2.24, 2.45) is 5.73 Å². The van der Waals surface area contributed by atoms with Crippen LogP contribution in [0.2, 0.25) is 0 Å². The summed E-state index contributed by atoms with van der Waals surface area (Å²) in [6.07, 6.45) is 6.95. The highest BCUT2D eigenvalue weighted by atomic mass is 16.5. The maximum Gasteiger partial charge on any atom is 0.160 e. The van der Waals surface area contributed by atoms with Gasteiger partial charge < -0.3 is 15.2 Å². The number of hydrogen-bond donors (Lipinski definition) is 1. The van der Waals surface area contributed by atoms with Gasteiger partial charge in [0.05, 0.1) is 14.2 Å². The Kier molecular flexibility index (Phi) is 6.86. The van der Waals surface area contributed by atoms with E-state index < -0.39 is 0 Å². The average Bonchev–Trinajstić information content (AvgIpc) is 2.43. The maximum atomic E-state index is 6.42. The zero-order valence-corrected chi connectivity index (χ0v) is 13.4. The Labute approximate surface area is 123 Å². The van der Waals surface area contributed by atoms with Crippen LogP contribution in [0.3, 0.4) is 0 Å². The number of hydrogen-bond acceptors (Lipinski definition) is 3. The van der Waals surface area contributed by atoms with Gasteiger partial charge in [0.15, 0.2) is 11.5 Å². The standard InChI is InChI=1S/C17H29NO2/c1-5-6-7-8-11-17(2,18)13-14-9-10-15(19-3)16(12-14)20-4/h9-10,12H,5-8,11,13,18H2,1-4H3. The van der Waals surface area contributed by atoms with Gasteiger partial charge in [0.1, 0.15) is 0 Å². The first-order valence-electron chi connectivity index (χ1n) is 7.52. The molecule has 0 aliphatic rings. The van der Waals surface area contributed by atoms with Crippen LogP contribution in [0, 0.1) is 0 Å². The van der Waals surface area contributed by atoms with Gasteiger partial charge in [-0.15, -0.1) is 0 Å². The van der Waals surface area contributed by atoms with Crippen LogP contribution in [0.5, 0.6) is 11.5 Å². The Morgan fingerprint density at radius 2 is 1.75 bits per heavy atom. The first-order valence-corrected chi connectivity index (χ1v) is 7.52. The fraction of sp³-hybridized carbons (Fsp3) is 0.647. The van der Waals surface area contributed by atoms with Crippen molar-refractivity contribution in [3.8, 4) is 11.5 Å². The van der Waals surface area contributed by atoms with E-state index >= 15 is 0 Å². The smallest absolute Gasteiger partial charge is 0.160 e. The van der Waals surface area contributed by atoms with E-state index in [1.807, 2.05) is 12.1 Å². The number of methoxy groups -OCH3 is 2. The van der Waals surface area contributed by atoms with Gasteiger partial charge in [0.25, 0.3) is 0 Å². The Hall–Kier alpha value is -1.22. The summed E-state index contributed by atoms with van der Waals surface area (Å²) in [5.74, 6) is 1.53. The minimum Gasteiger partial charge on any atom is -0.493 e. The Morgan fingerprint density at radius 3 is 2.35 bits per heavy atom. The number of nitrogens with two attached hydrogens (primary N) is 1.